The smallest absolute Gasteiger partial charge is 0.322 e. The summed E-state index contributed by atoms with van der Waals surface area (Å²) in [5.41, 5.74) is 1.53. The molecule has 0 radical (unpaired) electrons. The first kappa shape index (κ1) is 26.4. The van der Waals surface area contributed by atoms with Crippen LogP contribution in [-0.2, 0) is 6.54 Å². The standard InChI is InChI=1S/C27H32FN5O3S/c1-4-36-24-12-8-7-11-23(24)31-13-15-32(16-14-31)26(34)22-18-37-25(29-22)17-33(19(2)3)27(35)30-21-10-6-5-9-20(21)28/h5-12,18-19H,4,13-17H2,1-3H3,(H,30,35). The van der Waals surface area contributed by atoms with E-state index in [0.29, 0.717) is 43.5 Å². The predicted molar refractivity (Wildman–Crippen MR) is 144 cm³/mol. The van der Waals surface area contributed by atoms with Gasteiger partial charge in [-0.15, -0.1) is 11.3 Å². The average Bonchev–Trinajstić information content (AvgIpc) is 3.37. The van der Waals surface area contributed by atoms with Crippen molar-refractivity contribution in [1.29, 1.82) is 0 Å². The lowest BCUT2D eigenvalue weighted by atomic mass is 10.2. The number of halogens is 1. The summed E-state index contributed by atoms with van der Waals surface area (Å²) in [4.78, 5) is 36.1. The number of para-hydroxylation sites is 3. The number of hydrogen-bond acceptors (Lipinski definition) is 6. The molecule has 1 aromatic heterocycles. The van der Waals surface area contributed by atoms with E-state index in [1.165, 1.54) is 23.5 Å². The Labute approximate surface area is 220 Å². The number of rotatable bonds is 8. The normalized spacial score (nSPS) is 13.5. The van der Waals surface area contributed by atoms with Crippen LogP contribution in [0.3, 0.4) is 0 Å². The second-order valence-corrected chi connectivity index (χ2v) is 9.88. The number of nitrogens with zero attached hydrogens (tertiary/aromatic N) is 4. The Morgan fingerprint density at radius 3 is 2.51 bits per heavy atom. The van der Waals surface area contributed by atoms with Gasteiger partial charge in [-0.1, -0.05) is 24.3 Å². The minimum absolute atomic E-state index is 0.118. The summed E-state index contributed by atoms with van der Waals surface area (Å²) < 4.78 is 19.7. The molecule has 0 saturated carbocycles. The number of thiazole rings is 1. The molecule has 37 heavy (non-hydrogen) atoms. The number of aromatic nitrogens is 1. The molecule has 0 bridgehead atoms. The lowest BCUT2D eigenvalue weighted by molar-refractivity contribution is 0.0741. The molecule has 196 valence electrons. The van der Waals surface area contributed by atoms with Crippen molar-refractivity contribution < 1.29 is 18.7 Å². The summed E-state index contributed by atoms with van der Waals surface area (Å²) in [6.45, 7) is 9.09. The largest absolute Gasteiger partial charge is 0.492 e. The minimum atomic E-state index is -0.497. The zero-order chi connectivity index (χ0) is 26.4. The highest BCUT2D eigenvalue weighted by Gasteiger charge is 2.26. The van der Waals surface area contributed by atoms with Gasteiger partial charge in [-0.2, -0.15) is 0 Å². The van der Waals surface area contributed by atoms with Crippen molar-refractivity contribution in [3.63, 3.8) is 0 Å². The Bertz CT molecular complexity index is 1230. The molecule has 1 fully saturated rings. The maximum Gasteiger partial charge on any atom is 0.322 e. The molecule has 1 N–H and O–H groups in total. The first-order valence-electron chi connectivity index (χ1n) is 12.4. The molecule has 4 rings (SSSR count). The van der Waals surface area contributed by atoms with Gasteiger partial charge in [0.25, 0.3) is 5.91 Å². The molecule has 3 aromatic rings. The third-order valence-electron chi connectivity index (χ3n) is 6.15. The Morgan fingerprint density at radius 1 is 1.11 bits per heavy atom. The molecule has 1 aliphatic heterocycles. The molecule has 1 saturated heterocycles. The molecule has 2 heterocycles. The topological polar surface area (TPSA) is 78.0 Å². The number of amides is 3. The van der Waals surface area contributed by atoms with Gasteiger partial charge in [0.1, 0.15) is 22.3 Å². The lowest BCUT2D eigenvalue weighted by Crippen LogP contribution is -2.49. The lowest BCUT2D eigenvalue weighted by Gasteiger charge is -2.36. The number of carbonyl (C=O) groups excluding carboxylic acids is 2. The SMILES string of the molecule is CCOc1ccccc1N1CCN(C(=O)c2csc(CN(C(=O)Nc3ccccc3F)C(C)C)n2)CC1. The Balaban J connectivity index is 1.36. The number of hydrogen-bond donors (Lipinski definition) is 1. The third-order valence-corrected chi connectivity index (χ3v) is 6.98. The zero-order valence-corrected chi connectivity index (χ0v) is 22.1. The Morgan fingerprint density at radius 2 is 1.81 bits per heavy atom. The van der Waals surface area contributed by atoms with Crippen molar-refractivity contribution in [3.8, 4) is 5.75 Å². The molecule has 10 heteroatoms. The van der Waals surface area contributed by atoms with Crippen LogP contribution in [0.4, 0.5) is 20.6 Å². The van der Waals surface area contributed by atoms with Crippen LogP contribution >= 0.6 is 11.3 Å². The van der Waals surface area contributed by atoms with Crippen LogP contribution in [0.25, 0.3) is 0 Å². The summed E-state index contributed by atoms with van der Waals surface area (Å²) in [7, 11) is 0. The second-order valence-electron chi connectivity index (χ2n) is 8.94. The summed E-state index contributed by atoms with van der Waals surface area (Å²) in [6, 6.07) is 13.4. The van der Waals surface area contributed by atoms with Crippen molar-refractivity contribution in [2.75, 3.05) is 43.0 Å². The predicted octanol–water partition coefficient (Wildman–Crippen LogP) is 5.09. The van der Waals surface area contributed by atoms with E-state index in [1.807, 2.05) is 49.9 Å². The highest BCUT2D eigenvalue weighted by molar-refractivity contribution is 7.09. The van der Waals surface area contributed by atoms with E-state index in [-0.39, 0.29) is 24.2 Å². The van der Waals surface area contributed by atoms with Gasteiger partial charge in [-0.25, -0.2) is 14.2 Å². The van der Waals surface area contributed by atoms with E-state index >= 15 is 0 Å². The van der Waals surface area contributed by atoms with Crippen molar-refractivity contribution in [2.24, 2.45) is 0 Å². The second kappa shape index (κ2) is 12.1. The molecule has 0 atom stereocenters. The van der Waals surface area contributed by atoms with Crippen LogP contribution in [0, 0.1) is 5.82 Å². The van der Waals surface area contributed by atoms with Crippen LogP contribution in [-0.4, -0.2) is 65.5 Å². The number of anilines is 2. The van der Waals surface area contributed by atoms with Gasteiger partial charge in [0.2, 0.25) is 0 Å². The molecular formula is C27H32FN5O3S. The minimum Gasteiger partial charge on any atom is -0.492 e. The van der Waals surface area contributed by atoms with E-state index in [0.717, 1.165) is 11.4 Å². The average molecular weight is 526 g/mol. The quantitative estimate of drug-likeness (QED) is 0.444. The van der Waals surface area contributed by atoms with E-state index in [9.17, 15) is 14.0 Å². The molecule has 0 aliphatic carbocycles. The monoisotopic (exact) mass is 525 g/mol. The summed E-state index contributed by atoms with van der Waals surface area (Å²) in [6.07, 6.45) is 0. The third kappa shape index (κ3) is 6.37. The maximum atomic E-state index is 14.0. The van der Waals surface area contributed by atoms with Crippen molar-refractivity contribution in [1.82, 2.24) is 14.8 Å². The van der Waals surface area contributed by atoms with E-state index < -0.39 is 11.8 Å². The molecule has 3 amide bonds. The zero-order valence-electron chi connectivity index (χ0n) is 21.3. The molecule has 2 aromatic carbocycles. The summed E-state index contributed by atoms with van der Waals surface area (Å²) in [5.74, 6) is 0.234. The fourth-order valence-corrected chi connectivity index (χ4v) is 4.94. The maximum absolute atomic E-state index is 14.0. The molecule has 0 spiro atoms. The molecule has 1 aliphatic rings. The van der Waals surface area contributed by atoms with Crippen LogP contribution in [0.1, 0.15) is 36.3 Å². The number of carbonyl (C=O) groups is 2. The van der Waals surface area contributed by atoms with Crippen LogP contribution in [0.5, 0.6) is 5.75 Å². The van der Waals surface area contributed by atoms with Crippen molar-refractivity contribution in [3.05, 3.63) is 70.4 Å². The number of piperazine rings is 1. The van der Waals surface area contributed by atoms with Crippen LogP contribution < -0.4 is 15.0 Å². The Hall–Kier alpha value is -3.66. The molecule has 8 nitrogen and oxygen atoms in total. The number of benzene rings is 2. The van der Waals surface area contributed by atoms with Crippen LogP contribution in [0.15, 0.2) is 53.9 Å². The van der Waals surface area contributed by atoms with Gasteiger partial charge in [-0.05, 0) is 45.0 Å². The van der Waals surface area contributed by atoms with E-state index in [4.69, 9.17) is 4.74 Å². The fraction of sp³-hybridized carbons (Fsp3) is 0.370. The van der Waals surface area contributed by atoms with Gasteiger partial charge in [-0.3, -0.25) is 4.79 Å². The summed E-state index contributed by atoms with van der Waals surface area (Å²) in [5, 5.41) is 5.00. The first-order chi connectivity index (χ1) is 17.9. The fourth-order valence-electron chi connectivity index (χ4n) is 4.17. The van der Waals surface area contributed by atoms with Gasteiger partial charge >= 0.3 is 6.03 Å². The highest BCUT2D eigenvalue weighted by atomic mass is 32.1. The van der Waals surface area contributed by atoms with Gasteiger partial charge < -0.3 is 24.8 Å². The molecule has 0 unspecified atom stereocenters. The van der Waals surface area contributed by atoms with Gasteiger partial charge in [0, 0.05) is 37.6 Å². The Kier molecular flexibility index (Phi) is 8.60. The van der Waals surface area contributed by atoms with Crippen molar-refractivity contribution in [2.45, 2.75) is 33.4 Å². The number of nitrogens with one attached hydrogen (secondary N) is 1. The first-order valence-corrected chi connectivity index (χ1v) is 13.3. The number of urea groups is 1. The van der Waals surface area contributed by atoms with Gasteiger partial charge in [0.15, 0.2) is 0 Å². The van der Waals surface area contributed by atoms with Crippen LogP contribution in [0.2, 0.25) is 0 Å². The number of ether oxygens (including phenoxy) is 1. The van der Waals surface area contributed by atoms with E-state index in [1.54, 1.807) is 22.4 Å². The molecular weight excluding hydrogens is 493 g/mol. The highest BCUT2D eigenvalue weighted by Crippen LogP contribution is 2.29. The van der Waals surface area contributed by atoms with E-state index in [2.05, 4.69) is 15.2 Å². The summed E-state index contributed by atoms with van der Waals surface area (Å²) >= 11 is 1.34. The van der Waals surface area contributed by atoms with Crippen molar-refractivity contribution >= 4 is 34.6 Å². The van der Waals surface area contributed by atoms with Gasteiger partial charge in [0.05, 0.1) is 24.5 Å².